The van der Waals surface area contributed by atoms with Crippen molar-refractivity contribution < 1.29 is 9.53 Å². The second-order valence-corrected chi connectivity index (χ2v) is 6.87. The molecule has 1 saturated carbocycles. The summed E-state index contributed by atoms with van der Waals surface area (Å²) in [4.78, 5) is 13.2. The number of esters is 1. The third-order valence-corrected chi connectivity index (χ3v) is 4.65. The molecule has 1 aliphatic carbocycles. The van der Waals surface area contributed by atoms with Crippen molar-refractivity contribution >= 4 is 17.7 Å². The van der Waals surface area contributed by atoms with Gasteiger partial charge in [0.15, 0.2) is 0 Å². The Morgan fingerprint density at radius 3 is 2.52 bits per heavy atom. The number of hydrogen-bond acceptors (Lipinski definition) is 4. The molecule has 1 N–H and O–H groups in total. The van der Waals surface area contributed by atoms with Gasteiger partial charge in [0.2, 0.25) is 0 Å². The fourth-order valence-electron chi connectivity index (χ4n) is 2.09. The number of ether oxygens (including phenoxy) is 1. The molecule has 1 aliphatic rings. The molecular weight excluding hydrogens is 282 g/mol. The number of hydrogen-bond donors (Lipinski definition) is 1. The van der Waals surface area contributed by atoms with E-state index in [1.165, 1.54) is 23.3 Å². The summed E-state index contributed by atoms with van der Waals surface area (Å²) in [6, 6.07) is 8.91. The lowest BCUT2D eigenvalue weighted by molar-refractivity contribution is -0.145. The van der Waals surface area contributed by atoms with Gasteiger partial charge in [0.05, 0.1) is 6.61 Å². The molecule has 1 aromatic carbocycles. The average molecular weight is 307 g/mol. The van der Waals surface area contributed by atoms with Crippen LogP contribution in [0.15, 0.2) is 29.2 Å². The summed E-state index contributed by atoms with van der Waals surface area (Å²) in [5.41, 5.74) is 1.34. The van der Waals surface area contributed by atoms with E-state index in [1.54, 1.807) is 11.8 Å². The van der Waals surface area contributed by atoms with Crippen LogP contribution in [0.3, 0.4) is 0 Å². The lowest BCUT2D eigenvalue weighted by Gasteiger charge is -2.16. The van der Waals surface area contributed by atoms with Gasteiger partial charge in [-0.15, -0.1) is 11.8 Å². The van der Waals surface area contributed by atoms with E-state index in [4.69, 9.17) is 4.74 Å². The highest BCUT2D eigenvalue weighted by molar-refractivity contribution is 7.99. The van der Waals surface area contributed by atoms with Crippen LogP contribution in [0.1, 0.15) is 45.1 Å². The molecule has 1 atom stereocenters. The van der Waals surface area contributed by atoms with Crippen molar-refractivity contribution in [1.29, 1.82) is 0 Å². The smallest absolute Gasteiger partial charge is 0.324 e. The van der Waals surface area contributed by atoms with E-state index in [0.717, 1.165) is 5.75 Å². The molecule has 21 heavy (non-hydrogen) atoms. The van der Waals surface area contributed by atoms with Crippen LogP contribution in [0.4, 0.5) is 0 Å². The van der Waals surface area contributed by atoms with E-state index in [0.29, 0.717) is 18.6 Å². The van der Waals surface area contributed by atoms with Gasteiger partial charge in [-0.3, -0.25) is 4.79 Å². The van der Waals surface area contributed by atoms with Crippen molar-refractivity contribution in [1.82, 2.24) is 5.32 Å². The van der Waals surface area contributed by atoms with E-state index >= 15 is 0 Å². The first-order chi connectivity index (χ1) is 10.1. The Morgan fingerprint density at radius 2 is 2.00 bits per heavy atom. The highest BCUT2D eigenvalue weighted by atomic mass is 32.2. The minimum Gasteiger partial charge on any atom is -0.465 e. The van der Waals surface area contributed by atoms with Crippen LogP contribution in [0.5, 0.6) is 0 Å². The summed E-state index contributed by atoms with van der Waals surface area (Å²) in [6.07, 6.45) is 2.34. The van der Waals surface area contributed by atoms with Gasteiger partial charge in [0.1, 0.15) is 6.04 Å². The van der Waals surface area contributed by atoms with Crippen LogP contribution in [0, 0.1) is 0 Å². The molecule has 1 aromatic rings. The number of rotatable bonds is 8. The molecule has 0 bridgehead atoms. The second kappa shape index (κ2) is 7.85. The molecule has 0 heterocycles. The fraction of sp³-hybridized carbons (Fsp3) is 0.588. The third-order valence-electron chi connectivity index (χ3n) is 3.55. The average Bonchev–Trinajstić information content (AvgIpc) is 3.28. The highest BCUT2D eigenvalue weighted by Crippen LogP contribution is 2.24. The van der Waals surface area contributed by atoms with Crippen LogP contribution in [-0.2, 0) is 9.53 Å². The maximum Gasteiger partial charge on any atom is 0.324 e. The lowest BCUT2D eigenvalue weighted by atomic mass is 10.0. The second-order valence-electron chi connectivity index (χ2n) is 5.78. The number of carbonyl (C=O) groups excluding carboxylic acids is 1. The Kier molecular flexibility index (Phi) is 6.12. The van der Waals surface area contributed by atoms with Crippen molar-refractivity contribution in [2.45, 2.75) is 56.5 Å². The summed E-state index contributed by atoms with van der Waals surface area (Å²) in [7, 11) is 0. The first kappa shape index (κ1) is 16.4. The van der Waals surface area contributed by atoms with Crippen molar-refractivity contribution in [3.8, 4) is 0 Å². The monoisotopic (exact) mass is 307 g/mol. The largest absolute Gasteiger partial charge is 0.465 e. The van der Waals surface area contributed by atoms with E-state index in [-0.39, 0.29) is 12.0 Å². The predicted octanol–water partition coefficient (Wildman–Crippen LogP) is 3.59. The zero-order chi connectivity index (χ0) is 15.2. The molecule has 0 aromatic heterocycles. The van der Waals surface area contributed by atoms with Gasteiger partial charge >= 0.3 is 5.97 Å². The van der Waals surface area contributed by atoms with Gasteiger partial charge in [0, 0.05) is 16.7 Å². The summed E-state index contributed by atoms with van der Waals surface area (Å²) in [6.45, 7) is 6.68. The van der Waals surface area contributed by atoms with Crippen molar-refractivity contribution in [3.05, 3.63) is 29.8 Å². The summed E-state index contributed by atoms with van der Waals surface area (Å²) in [5, 5.41) is 3.38. The van der Waals surface area contributed by atoms with Crippen LogP contribution in [-0.4, -0.2) is 30.4 Å². The maximum absolute atomic E-state index is 12.0. The fourth-order valence-corrected chi connectivity index (χ4v) is 3.01. The minimum atomic E-state index is -0.202. The third kappa shape index (κ3) is 5.36. The normalized spacial score (nSPS) is 16.0. The Balaban J connectivity index is 1.88. The van der Waals surface area contributed by atoms with Crippen molar-refractivity contribution in [3.63, 3.8) is 0 Å². The quantitative estimate of drug-likeness (QED) is 0.588. The predicted molar refractivity (Wildman–Crippen MR) is 87.8 cm³/mol. The molecule has 3 nitrogen and oxygen atoms in total. The summed E-state index contributed by atoms with van der Waals surface area (Å²) >= 11 is 1.71. The number of carbonyl (C=O) groups is 1. The molecule has 1 fully saturated rings. The van der Waals surface area contributed by atoms with Gasteiger partial charge < -0.3 is 10.1 Å². The molecule has 0 saturated heterocycles. The molecule has 0 aliphatic heterocycles. The molecule has 2 rings (SSSR count). The number of benzene rings is 1. The highest BCUT2D eigenvalue weighted by Gasteiger charge is 2.29. The lowest BCUT2D eigenvalue weighted by Crippen LogP contribution is -2.41. The first-order valence-corrected chi connectivity index (χ1v) is 8.74. The molecule has 4 heteroatoms. The molecule has 0 amide bonds. The van der Waals surface area contributed by atoms with Crippen LogP contribution >= 0.6 is 11.8 Å². The van der Waals surface area contributed by atoms with Crippen molar-refractivity contribution in [2.75, 3.05) is 12.4 Å². The zero-order valence-electron chi connectivity index (χ0n) is 13.1. The van der Waals surface area contributed by atoms with Crippen LogP contribution in [0.25, 0.3) is 0 Å². The van der Waals surface area contributed by atoms with E-state index < -0.39 is 0 Å². The van der Waals surface area contributed by atoms with Gasteiger partial charge in [-0.05, 0) is 43.4 Å². The van der Waals surface area contributed by atoms with E-state index in [9.17, 15) is 4.79 Å². The SMILES string of the molecule is CCOC(=O)C(CSc1ccc(C(C)C)cc1)NC1CC1. The Morgan fingerprint density at radius 1 is 1.33 bits per heavy atom. The van der Waals surface area contributed by atoms with E-state index in [1.807, 2.05) is 6.92 Å². The van der Waals surface area contributed by atoms with Crippen LogP contribution < -0.4 is 5.32 Å². The molecule has 0 spiro atoms. The molecule has 116 valence electrons. The van der Waals surface area contributed by atoms with Gasteiger partial charge in [-0.1, -0.05) is 26.0 Å². The van der Waals surface area contributed by atoms with Crippen molar-refractivity contribution in [2.24, 2.45) is 0 Å². The molecule has 1 unspecified atom stereocenters. The van der Waals surface area contributed by atoms with Gasteiger partial charge in [-0.2, -0.15) is 0 Å². The molecule has 0 radical (unpaired) electrons. The Bertz CT molecular complexity index is 454. The topological polar surface area (TPSA) is 38.3 Å². The first-order valence-electron chi connectivity index (χ1n) is 7.75. The van der Waals surface area contributed by atoms with Crippen LogP contribution in [0.2, 0.25) is 0 Å². The molecular formula is C17H25NO2S. The minimum absolute atomic E-state index is 0.129. The Labute approximate surface area is 131 Å². The van der Waals surface area contributed by atoms with E-state index in [2.05, 4.69) is 43.4 Å². The standard InChI is InChI=1S/C17H25NO2S/c1-4-20-17(19)16(18-14-7-8-14)11-21-15-9-5-13(6-10-15)12(2)3/h5-6,9-10,12,14,16,18H,4,7-8,11H2,1-3H3. The summed E-state index contributed by atoms with van der Waals surface area (Å²) < 4.78 is 5.16. The maximum atomic E-state index is 12.0. The number of thioether (sulfide) groups is 1. The number of nitrogens with one attached hydrogen (secondary N) is 1. The summed E-state index contributed by atoms with van der Waals surface area (Å²) in [5.74, 6) is 1.14. The Hall–Kier alpha value is -1.00. The zero-order valence-corrected chi connectivity index (χ0v) is 13.9. The van der Waals surface area contributed by atoms with Gasteiger partial charge in [0.25, 0.3) is 0 Å². The van der Waals surface area contributed by atoms with Gasteiger partial charge in [-0.25, -0.2) is 0 Å².